The van der Waals surface area contributed by atoms with Crippen LogP contribution in [0.15, 0.2) is 36.5 Å². The van der Waals surface area contributed by atoms with Crippen molar-refractivity contribution in [1.29, 1.82) is 0 Å². The van der Waals surface area contributed by atoms with Crippen molar-refractivity contribution in [2.45, 2.75) is 194 Å². The van der Waals surface area contributed by atoms with Crippen molar-refractivity contribution in [1.82, 2.24) is 0 Å². The highest BCUT2D eigenvalue weighted by molar-refractivity contribution is 5.71. The molecule has 0 N–H and O–H groups in total. The minimum Gasteiger partial charge on any atom is -0.462 e. The Bertz CT molecular complexity index is 815. The van der Waals surface area contributed by atoms with Crippen LogP contribution < -0.4 is 0 Å². The summed E-state index contributed by atoms with van der Waals surface area (Å²) in [4.78, 5) is 37.3. The maximum absolute atomic E-state index is 12.6. The average molecular weight is 661 g/mol. The number of carbonyl (C=O) groups is 3. The van der Waals surface area contributed by atoms with E-state index in [1.54, 1.807) is 0 Å². The van der Waals surface area contributed by atoms with Gasteiger partial charge >= 0.3 is 17.9 Å². The van der Waals surface area contributed by atoms with Crippen LogP contribution in [-0.4, -0.2) is 37.2 Å². The molecule has 0 aromatic heterocycles. The molecule has 1 atom stereocenters. The van der Waals surface area contributed by atoms with Gasteiger partial charge in [-0.2, -0.15) is 0 Å². The van der Waals surface area contributed by atoms with E-state index in [-0.39, 0.29) is 37.5 Å². The van der Waals surface area contributed by atoms with Gasteiger partial charge in [0.05, 0.1) is 0 Å². The molecule has 0 amide bonds. The number of ether oxygens (including phenoxy) is 3. The van der Waals surface area contributed by atoms with Gasteiger partial charge in [0.25, 0.3) is 0 Å². The molecule has 47 heavy (non-hydrogen) atoms. The van der Waals surface area contributed by atoms with Crippen molar-refractivity contribution < 1.29 is 28.6 Å². The van der Waals surface area contributed by atoms with Crippen LogP contribution in [0.2, 0.25) is 0 Å². The Labute approximate surface area is 289 Å². The Hall–Kier alpha value is -2.37. The largest absolute Gasteiger partial charge is 0.462 e. The number of carbonyl (C=O) groups excluding carboxylic acids is 3. The SMILES string of the molecule is CCCC/C=C\C=C/CCCCCC(=O)OCC(COC(=O)CCCCCCCCCCC)OC(=O)CCC/C=C\CCCCCC. The van der Waals surface area contributed by atoms with E-state index in [0.717, 1.165) is 64.2 Å². The van der Waals surface area contributed by atoms with E-state index in [0.29, 0.717) is 19.3 Å². The maximum Gasteiger partial charge on any atom is 0.306 e. The fourth-order valence-corrected chi connectivity index (χ4v) is 5.13. The summed E-state index contributed by atoms with van der Waals surface area (Å²) in [5, 5.41) is 0. The minimum atomic E-state index is -0.789. The number of unbranched alkanes of at least 4 members (excludes halogenated alkanes) is 18. The summed E-state index contributed by atoms with van der Waals surface area (Å²) >= 11 is 0. The van der Waals surface area contributed by atoms with E-state index in [4.69, 9.17) is 14.2 Å². The molecule has 0 radical (unpaired) electrons. The zero-order valence-electron chi connectivity index (χ0n) is 30.8. The average Bonchev–Trinajstić information content (AvgIpc) is 3.06. The zero-order chi connectivity index (χ0) is 34.5. The van der Waals surface area contributed by atoms with Crippen molar-refractivity contribution >= 4 is 17.9 Å². The van der Waals surface area contributed by atoms with Crippen LogP contribution in [0.3, 0.4) is 0 Å². The molecule has 0 spiro atoms. The van der Waals surface area contributed by atoms with Crippen molar-refractivity contribution in [3.05, 3.63) is 36.5 Å². The fourth-order valence-electron chi connectivity index (χ4n) is 5.13. The highest BCUT2D eigenvalue weighted by atomic mass is 16.6. The summed E-state index contributed by atoms with van der Waals surface area (Å²) in [7, 11) is 0. The molecule has 6 nitrogen and oxygen atoms in total. The van der Waals surface area contributed by atoms with Crippen LogP contribution in [0.4, 0.5) is 0 Å². The number of esters is 3. The molecule has 0 bridgehead atoms. The van der Waals surface area contributed by atoms with Gasteiger partial charge < -0.3 is 14.2 Å². The second-order valence-electron chi connectivity index (χ2n) is 12.9. The van der Waals surface area contributed by atoms with Gasteiger partial charge in [-0.15, -0.1) is 0 Å². The Balaban J connectivity index is 4.45. The maximum atomic E-state index is 12.6. The smallest absolute Gasteiger partial charge is 0.306 e. The number of hydrogen-bond donors (Lipinski definition) is 0. The van der Waals surface area contributed by atoms with Crippen molar-refractivity contribution in [3.8, 4) is 0 Å². The highest BCUT2D eigenvalue weighted by Crippen LogP contribution is 2.12. The summed E-state index contributed by atoms with van der Waals surface area (Å²) in [6, 6.07) is 0. The summed E-state index contributed by atoms with van der Waals surface area (Å²) < 4.78 is 16.5. The molecule has 0 aliphatic carbocycles. The van der Waals surface area contributed by atoms with E-state index in [9.17, 15) is 14.4 Å². The lowest BCUT2D eigenvalue weighted by Gasteiger charge is -2.18. The first-order valence-electron chi connectivity index (χ1n) is 19.5. The summed E-state index contributed by atoms with van der Waals surface area (Å²) in [5.41, 5.74) is 0. The van der Waals surface area contributed by atoms with Crippen LogP contribution in [-0.2, 0) is 28.6 Å². The van der Waals surface area contributed by atoms with E-state index in [1.807, 2.05) is 0 Å². The molecular weight excluding hydrogens is 588 g/mol. The van der Waals surface area contributed by atoms with Gasteiger partial charge in [0, 0.05) is 19.3 Å². The van der Waals surface area contributed by atoms with Crippen LogP contribution in [0.1, 0.15) is 188 Å². The Morgan fingerprint density at radius 2 is 0.809 bits per heavy atom. The predicted molar refractivity (Wildman–Crippen MR) is 196 cm³/mol. The van der Waals surface area contributed by atoms with Gasteiger partial charge in [-0.1, -0.05) is 147 Å². The number of hydrogen-bond acceptors (Lipinski definition) is 6. The van der Waals surface area contributed by atoms with Gasteiger partial charge in [-0.05, 0) is 57.8 Å². The second kappa shape index (κ2) is 36.5. The predicted octanol–water partition coefficient (Wildman–Crippen LogP) is 11.9. The summed E-state index contributed by atoms with van der Waals surface area (Å²) in [6.07, 6.45) is 38.5. The second-order valence-corrected chi connectivity index (χ2v) is 12.9. The van der Waals surface area contributed by atoms with E-state index >= 15 is 0 Å². The summed E-state index contributed by atoms with van der Waals surface area (Å²) in [5.74, 6) is -0.967. The Kier molecular flexibility index (Phi) is 34.6. The fraction of sp³-hybridized carbons (Fsp3) is 0.780. The normalized spacial score (nSPS) is 12.3. The molecule has 0 aliphatic rings. The van der Waals surface area contributed by atoms with Crippen LogP contribution in [0.25, 0.3) is 0 Å². The van der Waals surface area contributed by atoms with Crippen LogP contribution in [0.5, 0.6) is 0 Å². The van der Waals surface area contributed by atoms with E-state index in [1.165, 1.54) is 77.0 Å². The lowest BCUT2D eigenvalue weighted by molar-refractivity contribution is -0.167. The van der Waals surface area contributed by atoms with Crippen molar-refractivity contribution in [2.75, 3.05) is 13.2 Å². The lowest BCUT2D eigenvalue weighted by Crippen LogP contribution is -2.30. The summed E-state index contributed by atoms with van der Waals surface area (Å²) in [6.45, 7) is 6.45. The van der Waals surface area contributed by atoms with Crippen molar-refractivity contribution in [3.63, 3.8) is 0 Å². The molecule has 0 rings (SSSR count). The molecule has 0 aliphatic heterocycles. The zero-order valence-corrected chi connectivity index (χ0v) is 30.8. The molecular formula is C41H72O6. The van der Waals surface area contributed by atoms with Gasteiger partial charge in [0.1, 0.15) is 13.2 Å². The monoisotopic (exact) mass is 661 g/mol. The molecule has 6 heteroatoms. The molecule has 0 aromatic carbocycles. The highest BCUT2D eigenvalue weighted by Gasteiger charge is 2.19. The molecule has 272 valence electrons. The Morgan fingerprint density at radius 3 is 1.34 bits per heavy atom. The first kappa shape index (κ1) is 44.6. The quantitative estimate of drug-likeness (QED) is 0.0225. The number of allylic oxidation sites excluding steroid dienone is 6. The third-order valence-electron chi connectivity index (χ3n) is 8.15. The Morgan fingerprint density at radius 1 is 0.426 bits per heavy atom. The van der Waals surface area contributed by atoms with E-state index < -0.39 is 6.10 Å². The topological polar surface area (TPSA) is 78.9 Å². The van der Waals surface area contributed by atoms with Gasteiger partial charge in [-0.25, -0.2) is 0 Å². The minimum absolute atomic E-state index is 0.0911. The lowest BCUT2D eigenvalue weighted by atomic mass is 10.1. The molecule has 0 aromatic rings. The molecule has 1 unspecified atom stereocenters. The van der Waals surface area contributed by atoms with Crippen molar-refractivity contribution in [2.24, 2.45) is 0 Å². The number of rotatable bonds is 34. The van der Waals surface area contributed by atoms with Gasteiger partial charge in [0.2, 0.25) is 0 Å². The third-order valence-corrected chi connectivity index (χ3v) is 8.15. The van der Waals surface area contributed by atoms with Gasteiger partial charge in [0.15, 0.2) is 6.10 Å². The molecule has 0 saturated carbocycles. The third kappa shape index (κ3) is 34.8. The van der Waals surface area contributed by atoms with Crippen LogP contribution in [0, 0.1) is 0 Å². The first-order chi connectivity index (χ1) is 23.0. The van der Waals surface area contributed by atoms with E-state index in [2.05, 4.69) is 57.2 Å². The standard InChI is InChI=1S/C41H72O6/c1-4-7-10-13-16-19-20-23-25-28-31-34-40(43)46-37-38(47-41(44)35-32-29-26-22-18-15-12-9-6-3)36-45-39(42)33-30-27-24-21-17-14-11-8-5-2/h13,16,19-20,22,26,38H,4-12,14-15,17-18,21,23-25,27-37H2,1-3H3/b16-13-,20-19-,26-22-. The molecule has 0 heterocycles. The van der Waals surface area contributed by atoms with Crippen LogP contribution >= 0.6 is 0 Å². The first-order valence-corrected chi connectivity index (χ1v) is 19.5. The van der Waals surface area contributed by atoms with Gasteiger partial charge in [-0.3, -0.25) is 14.4 Å². The molecule has 0 saturated heterocycles. The molecule has 0 fully saturated rings.